The molecule has 0 radical (unpaired) electrons. The first-order valence-electron chi connectivity index (χ1n) is 6.70. The molecule has 2 aromatic rings. The maximum Gasteiger partial charge on any atom is 0.293 e. The fourth-order valence-electron chi connectivity index (χ4n) is 1.79. The number of thiophene rings is 1. The monoisotopic (exact) mass is 323 g/mol. The Morgan fingerprint density at radius 3 is 2.32 bits per heavy atom. The fourth-order valence-corrected chi connectivity index (χ4v) is 2.63. The molecular weight excluding hydrogens is 302 g/mol. The van der Waals surface area contributed by atoms with E-state index in [1.165, 1.54) is 0 Å². The van der Waals surface area contributed by atoms with Gasteiger partial charge in [0.25, 0.3) is 6.47 Å². The Morgan fingerprint density at radius 1 is 1.23 bits per heavy atom. The lowest BCUT2D eigenvalue weighted by atomic mass is 10.0. The van der Waals surface area contributed by atoms with E-state index < -0.39 is 0 Å². The van der Waals surface area contributed by atoms with Gasteiger partial charge in [-0.3, -0.25) is 4.79 Å². The first kappa shape index (κ1) is 17.8. The van der Waals surface area contributed by atoms with Crippen molar-refractivity contribution in [2.24, 2.45) is 0 Å². The molecule has 0 bridgehead atoms. The van der Waals surface area contributed by atoms with E-state index in [0.29, 0.717) is 13.1 Å². The number of ether oxygens (including phenoxy) is 3. The summed E-state index contributed by atoms with van der Waals surface area (Å²) in [6, 6.07) is 5.88. The van der Waals surface area contributed by atoms with Gasteiger partial charge in [-0.25, -0.2) is 0 Å². The van der Waals surface area contributed by atoms with Crippen LogP contribution < -0.4 is 15.2 Å². The number of nitrogens with two attached hydrogens (primary N) is 1. The van der Waals surface area contributed by atoms with Gasteiger partial charge in [0.1, 0.15) is 0 Å². The van der Waals surface area contributed by atoms with Crippen molar-refractivity contribution in [2.45, 2.75) is 13.8 Å². The molecule has 2 N–H and O–H groups in total. The predicted molar refractivity (Wildman–Crippen MR) is 89.7 cm³/mol. The summed E-state index contributed by atoms with van der Waals surface area (Å²) in [5, 5.41) is 2.92. The molecule has 0 atom stereocenters. The molecule has 0 unspecified atom stereocenters. The second kappa shape index (κ2) is 8.94. The van der Waals surface area contributed by atoms with Gasteiger partial charge >= 0.3 is 0 Å². The van der Waals surface area contributed by atoms with Crippen LogP contribution in [0.5, 0.6) is 11.5 Å². The number of nitrogen functional groups attached to an aromatic ring is 1. The Bertz CT molecular complexity index is 610. The van der Waals surface area contributed by atoms with Gasteiger partial charge < -0.3 is 19.9 Å². The van der Waals surface area contributed by atoms with Crippen molar-refractivity contribution in [3.05, 3.63) is 29.1 Å². The predicted octanol–water partition coefficient (Wildman–Crippen LogP) is 3.50. The molecule has 0 saturated carbocycles. The van der Waals surface area contributed by atoms with Gasteiger partial charge in [0.05, 0.1) is 25.8 Å². The zero-order valence-electron chi connectivity index (χ0n) is 13.2. The zero-order chi connectivity index (χ0) is 16.5. The van der Waals surface area contributed by atoms with Gasteiger partial charge in [0, 0.05) is 5.38 Å². The van der Waals surface area contributed by atoms with E-state index in [-0.39, 0.29) is 0 Å². The minimum absolute atomic E-state index is 0.431. The van der Waals surface area contributed by atoms with Crippen molar-refractivity contribution in [2.75, 3.05) is 26.6 Å². The summed E-state index contributed by atoms with van der Waals surface area (Å²) in [5.74, 6) is 1.46. The highest BCUT2D eigenvalue weighted by molar-refractivity contribution is 7.14. The summed E-state index contributed by atoms with van der Waals surface area (Å²) in [7, 11) is 3.27. The molecule has 120 valence electrons. The highest BCUT2D eigenvalue weighted by Gasteiger charge is 2.10. The van der Waals surface area contributed by atoms with E-state index in [1.54, 1.807) is 32.5 Å². The third-order valence-corrected chi connectivity index (χ3v) is 3.92. The van der Waals surface area contributed by atoms with Crippen LogP contribution in [0.15, 0.2) is 23.6 Å². The van der Waals surface area contributed by atoms with Gasteiger partial charge in [-0.2, -0.15) is 0 Å². The molecule has 0 aliphatic carbocycles. The number of hydrogen-bond acceptors (Lipinski definition) is 6. The topological polar surface area (TPSA) is 70.8 Å². The lowest BCUT2D eigenvalue weighted by Crippen LogP contribution is -1.91. The largest absolute Gasteiger partial charge is 0.493 e. The number of anilines is 1. The zero-order valence-corrected chi connectivity index (χ0v) is 14.0. The standard InChI is InChI=1S/C13H15NO2S.C3H6O2/c1-8-10(7-17-13(8)14)9-4-5-11(15-2)12(6-9)16-3;1-2-5-3-4/h4-7H,14H2,1-3H3;3H,2H2,1H3. The van der Waals surface area contributed by atoms with Crippen LogP contribution in [0.25, 0.3) is 11.1 Å². The number of rotatable bonds is 5. The fraction of sp³-hybridized carbons (Fsp3) is 0.312. The normalized spacial score (nSPS) is 9.45. The SMILES string of the molecule is CCOC=O.COc1ccc(-c2csc(N)c2C)cc1OC. The number of carbonyl (C=O) groups excluding carboxylic acids is 1. The van der Waals surface area contributed by atoms with Crippen LogP contribution in [0.2, 0.25) is 0 Å². The van der Waals surface area contributed by atoms with Gasteiger partial charge in [-0.15, -0.1) is 11.3 Å². The molecular formula is C16H21NO4S. The smallest absolute Gasteiger partial charge is 0.293 e. The van der Waals surface area contributed by atoms with Crippen LogP contribution in [0.1, 0.15) is 12.5 Å². The highest BCUT2D eigenvalue weighted by Crippen LogP contribution is 2.37. The van der Waals surface area contributed by atoms with E-state index in [2.05, 4.69) is 10.1 Å². The van der Waals surface area contributed by atoms with E-state index in [0.717, 1.165) is 33.2 Å². The van der Waals surface area contributed by atoms with Crippen molar-refractivity contribution in [1.82, 2.24) is 0 Å². The third kappa shape index (κ3) is 4.39. The van der Waals surface area contributed by atoms with Gasteiger partial charge in [0.2, 0.25) is 0 Å². The molecule has 1 aromatic carbocycles. The second-order valence-corrected chi connectivity index (χ2v) is 5.17. The Morgan fingerprint density at radius 2 is 1.91 bits per heavy atom. The molecule has 6 heteroatoms. The van der Waals surface area contributed by atoms with Gasteiger partial charge in [0.15, 0.2) is 11.5 Å². The van der Waals surface area contributed by atoms with E-state index in [9.17, 15) is 4.79 Å². The molecule has 0 spiro atoms. The van der Waals surface area contributed by atoms with Crippen molar-refractivity contribution in [3.63, 3.8) is 0 Å². The van der Waals surface area contributed by atoms with Crippen LogP contribution in [0.4, 0.5) is 5.00 Å². The lowest BCUT2D eigenvalue weighted by molar-refractivity contribution is -0.128. The van der Waals surface area contributed by atoms with Crippen LogP contribution >= 0.6 is 11.3 Å². The summed E-state index contributed by atoms with van der Waals surface area (Å²) < 4.78 is 14.7. The molecule has 1 aromatic heterocycles. The van der Waals surface area contributed by atoms with Gasteiger partial charge in [-0.1, -0.05) is 6.07 Å². The van der Waals surface area contributed by atoms with Crippen LogP contribution in [-0.4, -0.2) is 27.3 Å². The maximum atomic E-state index is 9.18. The molecule has 1 heterocycles. The van der Waals surface area contributed by atoms with Crippen molar-refractivity contribution in [1.29, 1.82) is 0 Å². The molecule has 22 heavy (non-hydrogen) atoms. The van der Waals surface area contributed by atoms with Crippen LogP contribution in [0.3, 0.4) is 0 Å². The summed E-state index contributed by atoms with van der Waals surface area (Å²) in [5.41, 5.74) is 9.22. The van der Waals surface area contributed by atoms with E-state index >= 15 is 0 Å². The van der Waals surface area contributed by atoms with E-state index in [1.807, 2.05) is 25.1 Å². The Kier molecular flexibility index (Phi) is 7.25. The first-order chi connectivity index (χ1) is 10.6. The summed E-state index contributed by atoms with van der Waals surface area (Å²) in [6.45, 7) is 4.69. The molecule has 0 fully saturated rings. The number of hydrogen-bond donors (Lipinski definition) is 1. The molecule has 0 aliphatic heterocycles. The third-order valence-electron chi connectivity index (χ3n) is 3.01. The first-order valence-corrected chi connectivity index (χ1v) is 7.58. The summed E-state index contributed by atoms with van der Waals surface area (Å²) >= 11 is 1.55. The Balaban J connectivity index is 0.000000422. The van der Waals surface area contributed by atoms with Crippen molar-refractivity contribution < 1.29 is 19.0 Å². The molecule has 0 saturated heterocycles. The van der Waals surface area contributed by atoms with Crippen molar-refractivity contribution in [3.8, 4) is 22.6 Å². The summed E-state index contributed by atoms with van der Waals surface area (Å²) in [4.78, 5) is 9.18. The quantitative estimate of drug-likeness (QED) is 0.853. The Labute approximate surface area is 134 Å². The average molecular weight is 323 g/mol. The molecule has 2 rings (SSSR count). The minimum Gasteiger partial charge on any atom is -0.493 e. The lowest BCUT2D eigenvalue weighted by Gasteiger charge is -2.09. The molecule has 0 amide bonds. The van der Waals surface area contributed by atoms with Crippen LogP contribution in [-0.2, 0) is 9.53 Å². The average Bonchev–Trinajstić information content (AvgIpc) is 2.87. The maximum absolute atomic E-state index is 9.18. The minimum atomic E-state index is 0.431. The number of carbonyl (C=O) groups is 1. The number of methoxy groups -OCH3 is 2. The van der Waals surface area contributed by atoms with Crippen LogP contribution in [0, 0.1) is 6.92 Å². The molecule has 0 aliphatic rings. The van der Waals surface area contributed by atoms with Gasteiger partial charge in [-0.05, 0) is 42.7 Å². The Hall–Kier alpha value is -2.21. The van der Waals surface area contributed by atoms with E-state index in [4.69, 9.17) is 15.2 Å². The highest BCUT2D eigenvalue weighted by atomic mass is 32.1. The number of benzene rings is 1. The molecule has 5 nitrogen and oxygen atoms in total. The summed E-state index contributed by atoms with van der Waals surface area (Å²) in [6.07, 6.45) is 0. The van der Waals surface area contributed by atoms with Crippen molar-refractivity contribution >= 4 is 22.8 Å². The second-order valence-electron chi connectivity index (χ2n) is 4.26.